The molecule has 13 heteroatoms. The number of nitrogens with one attached hydrogen (secondary N) is 3. The molecular formula is C38H36F3N5O5. The number of rotatable bonds is 7. The first-order valence-corrected chi connectivity index (χ1v) is 16.3. The summed E-state index contributed by atoms with van der Waals surface area (Å²) >= 11 is 0. The van der Waals surface area contributed by atoms with Gasteiger partial charge < -0.3 is 24.7 Å². The van der Waals surface area contributed by atoms with E-state index in [1.807, 2.05) is 12.1 Å². The molecule has 264 valence electrons. The minimum absolute atomic E-state index is 0.00399. The highest BCUT2D eigenvalue weighted by molar-refractivity contribution is 5.98. The number of pyridine rings is 1. The number of alkyl halides is 2. The van der Waals surface area contributed by atoms with Crippen LogP contribution in [0.2, 0.25) is 0 Å². The minimum atomic E-state index is -2.74. The van der Waals surface area contributed by atoms with Crippen molar-refractivity contribution in [3.63, 3.8) is 0 Å². The monoisotopic (exact) mass is 699 g/mol. The third kappa shape index (κ3) is 8.85. The van der Waals surface area contributed by atoms with E-state index in [1.165, 1.54) is 29.3 Å². The molecule has 2 aromatic heterocycles. The molecule has 0 radical (unpaired) electrons. The normalized spacial score (nSPS) is 14.2. The van der Waals surface area contributed by atoms with E-state index in [4.69, 9.17) is 9.15 Å². The van der Waals surface area contributed by atoms with Crippen LogP contribution >= 0.6 is 0 Å². The third-order valence-corrected chi connectivity index (χ3v) is 8.14. The molecular weight excluding hydrogens is 663 g/mol. The Kier molecular flexibility index (Phi) is 9.73. The van der Waals surface area contributed by atoms with E-state index in [0.29, 0.717) is 33.7 Å². The van der Waals surface area contributed by atoms with Crippen molar-refractivity contribution < 1.29 is 36.7 Å². The Morgan fingerprint density at radius 1 is 0.882 bits per heavy atom. The molecule has 51 heavy (non-hydrogen) atoms. The number of halogens is 3. The van der Waals surface area contributed by atoms with E-state index in [-0.39, 0.29) is 50.0 Å². The van der Waals surface area contributed by atoms with Crippen LogP contribution in [-0.2, 0) is 11.3 Å². The lowest BCUT2D eigenvalue weighted by Gasteiger charge is -2.31. The molecule has 6 rings (SSSR count). The molecule has 10 nitrogen and oxygen atoms in total. The fraction of sp³-hybridized carbons (Fsp3) is 0.263. The van der Waals surface area contributed by atoms with E-state index in [9.17, 15) is 27.6 Å². The van der Waals surface area contributed by atoms with Gasteiger partial charge in [0.15, 0.2) is 0 Å². The van der Waals surface area contributed by atoms with Crippen LogP contribution in [0.15, 0.2) is 89.5 Å². The lowest BCUT2D eigenvalue weighted by Crippen LogP contribution is -2.42. The Balaban J connectivity index is 1.16. The molecule has 4 amide bonds. The van der Waals surface area contributed by atoms with Gasteiger partial charge in [-0.1, -0.05) is 24.3 Å². The number of urea groups is 1. The Morgan fingerprint density at radius 3 is 2.22 bits per heavy atom. The van der Waals surface area contributed by atoms with Crippen molar-refractivity contribution in [3.8, 4) is 22.3 Å². The number of nitrogens with zero attached hydrogens (tertiary/aromatic N) is 2. The highest BCUT2D eigenvalue weighted by Gasteiger charge is 2.35. The maximum atomic E-state index is 13.8. The average Bonchev–Trinajstić information content (AvgIpc) is 3.50. The van der Waals surface area contributed by atoms with E-state index in [0.717, 1.165) is 16.5 Å². The molecule has 1 aliphatic rings. The van der Waals surface area contributed by atoms with Gasteiger partial charge in [-0.25, -0.2) is 27.7 Å². The molecule has 0 unspecified atom stereocenters. The van der Waals surface area contributed by atoms with Gasteiger partial charge in [0.2, 0.25) is 0 Å². The Hall–Kier alpha value is -5.85. The van der Waals surface area contributed by atoms with E-state index >= 15 is 0 Å². The Morgan fingerprint density at radius 2 is 1.57 bits per heavy atom. The first kappa shape index (κ1) is 35.0. The second-order valence-corrected chi connectivity index (χ2v) is 13.3. The zero-order chi connectivity index (χ0) is 36.3. The van der Waals surface area contributed by atoms with Gasteiger partial charge in [-0.15, -0.1) is 0 Å². The van der Waals surface area contributed by atoms with Crippen LogP contribution in [0.1, 0.15) is 49.7 Å². The smallest absolute Gasteiger partial charge is 0.413 e. The standard InChI is InChI=1S/C38H36F3N5O5/c1-37(2,3)51-36(49)45-32-13-12-29(21-42-32)44-35(48)43-22-30-19-27-18-26(20-31(33(27)50-30)24-8-10-28(39)11-9-24)23-4-6-25(7-5-23)34(47)46-16-14-38(40,41)15-17-46/h4-13,18-21H,14-17,22H2,1-3H3,(H,42,45,49)(H2,43,44,48). The van der Waals surface area contributed by atoms with Crippen LogP contribution in [0, 0.1) is 5.82 Å². The summed E-state index contributed by atoms with van der Waals surface area (Å²) in [5, 5.41) is 8.69. The Labute approximate surface area is 292 Å². The van der Waals surface area contributed by atoms with Crippen LogP contribution in [0.4, 0.5) is 34.3 Å². The summed E-state index contributed by atoms with van der Waals surface area (Å²) in [5.41, 5.74) is 3.67. The topological polar surface area (TPSA) is 126 Å². The van der Waals surface area contributed by atoms with Gasteiger partial charge in [0.25, 0.3) is 11.8 Å². The lowest BCUT2D eigenvalue weighted by molar-refractivity contribution is -0.0494. The second kappa shape index (κ2) is 14.2. The number of hydrogen-bond acceptors (Lipinski definition) is 6. The number of aromatic nitrogens is 1. The SMILES string of the molecule is CC(C)(C)OC(=O)Nc1ccc(NC(=O)NCc2cc3cc(-c4ccc(C(=O)N5CCC(F)(F)CC5)cc4)cc(-c4ccc(F)cc4)c3o2)cn1. The summed E-state index contributed by atoms with van der Waals surface area (Å²) in [7, 11) is 0. The van der Waals surface area contributed by atoms with Crippen molar-refractivity contribution in [3.05, 3.63) is 102 Å². The lowest BCUT2D eigenvalue weighted by atomic mass is 9.96. The first-order chi connectivity index (χ1) is 24.2. The number of hydrogen-bond donors (Lipinski definition) is 3. The van der Waals surface area contributed by atoms with E-state index < -0.39 is 23.6 Å². The van der Waals surface area contributed by atoms with Crippen molar-refractivity contribution >= 4 is 40.5 Å². The maximum absolute atomic E-state index is 13.8. The number of benzene rings is 3. The summed E-state index contributed by atoms with van der Waals surface area (Å²) in [6, 6.07) is 21.2. The van der Waals surface area contributed by atoms with Crippen LogP contribution < -0.4 is 16.0 Å². The number of amides is 4. The largest absolute Gasteiger partial charge is 0.459 e. The van der Waals surface area contributed by atoms with Crippen LogP contribution in [0.5, 0.6) is 0 Å². The number of anilines is 2. The molecule has 0 spiro atoms. The molecule has 0 bridgehead atoms. The number of piperidine rings is 1. The summed E-state index contributed by atoms with van der Waals surface area (Å²) in [5.74, 6) is -2.71. The fourth-order valence-electron chi connectivity index (χ4n) is 5.62. The van der Waals surface area contributed by atoms with Gasteiger partial charge in [0.05, 0.1) is 18.4 Å². The van der Waals surface area contributed by atoms with Gasteiger partial charge in [0.1, 0.15) is 28.6 Å². The molecule has 1 fully saturated rings. The van der Waals surface area contributed by atoms with E-state index in [2.05, 4.69) is 20.9 Å². The summed E-state index contributed by atoms with van der Waals surface area (Å²) in [6.07, 6.45) is 0.0434. The van der Waals surface area contributed by atoms with Crippen molar-refractivity contribution in [2.24, 2.45) is 0 Å². The van der Waals surface area contributed by atoms with E-state index in [1.54, 1.807) is 69.3 Å². The molecule has 1 saturated heterocycles. The van der Waals surface area contributed by atoms with Gasteiger partial charge in [-0.3, -0.25) is 10.1 Å². The molecule has 0 aliphatic carbocycles. The van der Waals surface area contributed by atoms with Crippen LogP contribution in [-0.4, -0.2) is 52.5 Å². The third-order valence-electron chi connectivity index (χ3n) is 8.14. The van der Waals surface area contributed by atoms with Crippen molar-refractivity contribution in [2.75, 3.05) is 23.7 Å². The number of fused-ring (bicyclic) bond motifs is 1. The number of likely N-dealkylation sites (tertiary alicyclic amines) is 1. The molecule has 3 aromatic carbocycles. The van der Waals surface area contributed by atoms with Crippen molar-refractivity contribution in [2.45, 2.75) is 51.7 Å². The summed E-state index contributed by atoms with van der Waals surface area (Å²) in [4.78, 5) is 43.2. The van der Waals surface area contributed by atoms with Crippen molar-refractivity contribution in [1.29, 1.82) is 0 Å². The Bertz CT molecular complexity index is 2050. The molecule has 3 heterocycles. The highest BCUT2D eigenvalue weighted by atomic mass is 19.3. The maximum Gasteiger partial charge on any atom is 0.413 e. The zero-order valence-corrected chi connectivity index (χ0v) is 28.2. The predicted octanol–water partition coefficient (Wildman–Crippen LogP) is 8.84. The molecule has 1 aliphatic heterocycles. The van der Waals surface area contributed by atoms with Crippen molar-refractivity contribution in [1.82, 2.24) is 15.2 Å². The number of ether oxygens (including phenoxy) is 1. The predicted molar refractivity (Wildman–Crippen MR) is 187 cm³/mol. The van der Waals surface area contributed by atoms with Crippen LogP contribution in [0.3, 0.4) is 0 Å². The zero-order valence-electron chi connectivity index (χ0n) is 28.2. The molecule has 0 atom stereocenters. The van der Waals surface area contributed by atoms with Gasteiger partial charge in [0, 0.05) is 42.4 Å². The van der Waals surface area contributed by atoms with Gasteiger partial charge >= 0.3 is 12.1 Å². The first-order valence-electron chi connectivity index (χ1n) is 16.3. The minimum Gasteiger partial charge on any atom is -0.459 e. The number of carbonyl (C=O) groups excluding carboxylic acids is 3. The highest BCUT2D eigenvalue weighted by Crippen LogP contribution is 2.36. The van der Waals surface area contributed by atoms with Gasteiger partial charge in [-0.05, 0) is 92.1 Å². The summed E-state index contributed by atoms with van der Waals surface area (Å²) in [6.45, 7) is 5.30. The fourth-order valence-corrected chi connectivity index (χ4v) is 5.62. The molecule has 5 aromatic rings. The van der Waals surface area contributed by atoms with Crippen LogP contribution in [0.25, 0.3) is 33.2 Å². The summed E-state index contributed by atoms with van der Waals surface area (Å²) < 4.78 is 52.4. The quantitative estimate of drug-likeness (QED) is 0.156. The van der Waals surface area contributed by atoms with Gasteiger partial charge in [-0.2, -0.15) is 0 Å². The number of carbonyl (C=O) groups is 3. The molecule has 3 N–H and O–H groups in total. The molecule has 0 saturated carbocycles. The average molecular weight is 700 g/mol. The number of furan rings is 1. The second-order valence-electron chi connectivity index (χ2n) is 13.3.